The van der Waals surface area contributed by atoms with E-state index in [0.29, 0.717) is 6.42 Å². The van der Waals surface area contributed by atoms with Crippen LogP contribution in [0.3, 0.4) is 0 Å². The van der Waals surface area contributed by atoms with Crippen LogP contribution < -0.4 is 16.2 Å². The molecule has 0 fully saturated rings. The summed E-state index contributed by atoms with van der Waals surface area (Å²) in [6.45, 7) is 6.23. The van der Waals surface area contributed by atoms with Gasteiger partial charge in [0.15, 0.2) is 0 Å². The molecule has 0 aliphatic rings. The number of anilines is 1. The largest absolute Gasteiger partial charge is 0.372 e. The first-order valence-electron chi connectivity index (χ1n) is 6.49. The third-order valence-electron chi connectivity index (χ3n) is 3.08. The van der Waals surface area contributed by atoms with Gasteiger partial charge in [0, 0.05) is 25.2 Å². The van der Waals surface area contributed by atoms with E-state index in [1.807, 2.05) is 0 Å². The summed E-state index contributed by atoms with van der Waals surface area (Å²) in [6, 6.07) is 8.39. The Bertz CT molecular complexity index is 379. The third kappa shape index (κ3) is 4.37. The molecule has 0 aliphatic carbocycles. The first-order chi connectivity index (χ1) is 8.69. The van der Waals surface area contributed by atoms with E-state index in [1.54, 1.807) is 0 Å². The van der Waals surface area contributed by atoms with Crippen molar-refractivity contribution in [1.82, 2.24) is 5.43 Å². The lowest BCUT2D eigenvalue weighted by Gasteiger charge is -2.24. The molecule has 0 saturated carbocycles. The van der Waals surface area contributed by atoms with Gasteiger partial charge in [-0.05, 0) is 38.3 Å². The maximum atomic E-state index is 11.0. The molecular weight excluding hydrogens is 226 g/mol. The summed E-state index contributed by atoms with van der Waals surface area (Å²) >= 11 is 0. The second-order valence-corrected chi connectivity index (χ2v) is 4.39. The Hall–Kier alpha value is -1.55. The molecule has 4 nitrogen and oxygen atoms in total. The van der Waals surface area contributed by atoms with Crippen molar-refractivity contribution in [3.63, 3.8) is 0 Å². The van der Waals surface area contributed by atoms with Crippen molar-refractivity contribution in [3.05, 3.63) is 29.8 Å². The molecule has 0 aromatic heterocycles. The smallest absolute Gasteiger partial charge is 0.233 e. The Balaban J connectivity index is 2.43. The number of carbonyl (C=O) groups is 1. The Morgan fingerprint density at radius 2 is 2.06 bits per heavy atom. The van der Waals surface area contributed by atoms with Gasteiger partial charge in [0.05, 0.1) is 0 Å². The molecule has 0 atom stereocenters. The van der Waals surface area contributed by atoms with Gasteiger partial charge in [-0.25, -0.2) is 5.84 Å². The normalized spacial score (nSPS) is 10.2. The molecular formula is C14H23N3O. The molecule has 100 valence electrons. The monoisotopic (exact) mass is 249 g/mol. The molecule has 0 unspecified atom stereocenters. The minimum absolute atomic E-state index is 0.0889. The summed E-state index contributed by atoms with van der Waals surface area (Å²) in [6.07, 6.45) is 2.36. The second kappa shape index (κ2) is 7.71. The number of carbonyl (C=O) groups excluding carboxylic acids is 1. The fourth-order valence-electron chi connectivity index (χ4n) is 2.03. The average molecular weight is 249 g/mol. The summed E-state index contributed by atoms with van der Waals surface area (Å²) in [7, 11) is 0. The van der Waals surface area contributed by atoms with Gasteiger partial charge < -0.3 is 4.90 Å². The molecule has 1 rings (SSSR count). The number of benzene rings is 1. The maximum absolute atomic E-state index is 11.0. The first-order valence-corrected chi connectivity index (χ1v) is 6.49. The molecule has 0 bridgehead atoms. The van der Waals surface area contributed by atoms with E-state index in [-0.39, 0.29) is 5.91 Å². The van der Waals surface area contributed by atoms with E-state index < -0.39 is 0 Å². The van der Waals surface area contributed by atoms with E-state index in [9.17, 15) is 4.79 Å². The van der Waals surface area contributed by atoms with Gasteiger partial charge in [0.2, 0.25) is 5.91 Å². The number of hydrogen-bond acceptors (Lipinski definition) is 3. The van der Waals surface area contributed by atoms with Crippen LogP contribution in [0.2, 0.25) is 0 Å². The molecule has 0 radical (unpaired) electrons. The zero-order chi connectivity index (χ0) is 13.4. The van der Waals surface area contributed by atoms with Crippen LogP contribution in [0.15, 0.2) is 24.3 Å². The maximum Gasteiger partial charge on any atom is 0.233 e. The molecule has 0 spiro atoms. The summed E-state index contributed by atoms with van der Waals surface area (Å²) < 4.78 is 0. The van der Waals surface area contributed by atoms with Crippen molar-refractivity contribution >= 4 is 11.6 Å². The lowest BCUT2D eigenvalue weighted by Crippen LogP contribution is -2.30. The number of hydrazine groups is 1. The van der Waals surface area contributed by atoms with E-state index in [4.69, 9.17) is 5.84 Å². The highest BCUT2D eigenvalue weighted by atomic mass is 16.2. The van der Waals surface area contributed by atoms with Crippen LogP contribution >= 0.6 is 0 Å². The number of nitrogens with one attached hydrogen (secondary N) is 1. The van der Waals surface area contributed by atoms with Gasteiger partial charge in [-0.2, -0.15) is 0 Å². The average Bonchev–Trinajstić information content (AvgIpc) is 2.40. The highest BCUT2D eigenvalue weighted by Gasteiger charge is 2.06. The van der Waals surface area contributed by atoms with Crippen molar-refractivity contribution in [1.29, 1.82) is 0 Å². The molecule has 1 amide bonds. The van der Waals surface area contributed by atoms with Crippen LogP contribution in [0, 0.1) is 6.92 Å². The highest BCUT2D eigenvalue weighted by molar-refractivity contribution is 5.75. The summed E-state index contributed by atoms with van der Waals surface area (Å²) in [5.74, 6) is 4.95. The van der Waals surface area contributed by atoms with Crippen LogP contribution in [0.4, 0.5) is 5.69 Å². The van der Waals surface area contributed by atoms with Gasteiger partial charge in [0.25, 0.3) is 0 Å². The summed E-state index contributed by atoms with van der Waals surface area (Å²) in [4.78, 5) is 13.3. The lowest BCUT2D eigenvalue weighted by molar-refractivity contribution is -0.121. The summed E-state index contributed by atoms with van der Waals surface area (Å²) in [5, 5.41) is 0. The molecule has 1 aromatic carbocycles. The van der Waals surface area contributed by atoms with E-state index in [0.717, 1.165) is 25.9 Å². The van der Waals surface area contributed by atoms with Crippen molar-refractivity contribution in [2.75, 3.05) is 18.0 Å². The number of nitrogens with zero attached hydrogens (tertiary/aromatic N) is 1. The fraction of sp³-hybridized carbons (Fsp3) is 0.500. The molecule has 18 heavy (non-hydrogen) atoms. The van der Waals surface area contributed by atoms with Crippen LogP contribution in [0.25, 0.3) is 0 Å². The minimum atomic E-state index is -0.0889. The number of amides is 1. The Morgan fingerprint density at radius 3 is 2.67 bits per heavy atom. The van der Waals surface area contributed by atoms with E-state index in [2.05, 4.69) is 48.4 Å². The van der Waals surface area contributed by atoms with E-state index in [1.165, 1.54) is 11.3 Å². The molecule has 0 heterocycles. The SMILES string of the molecule is CCN(CCCCC(=O)NN)c1ccccc1C. The minimum Gasteiger partial charge on any atom is -0.372 e. The molecule has 0 aliphatic heterocycles. The zero-order valence-corrected chi connectivity index (χ0v) is 11.3. The van der Waals surface area contributed by atoms with Gasteiger partial charge in [-0.1, -0.05) is 18.2 Å². The third-order valence-corrected chi connectivity index (χ3v) is 3.08. The fourth-order valence-corrected chi connectivity index (χ4v) is 2.03. The van der Waals surface area contributed by atoms with E-state index >= 15 is 0 Å². The standard InChI is InChI=1S/C14H23N3O/c1-3-17(11-7-6-10-14(18)16-15)13-9-5-4-8-12(13)2/h4-5,8-9H,3,6-7,10-11,15H2,1-2H3,(H,16,18). The second-order valence-electron chi connectivity index (χ2n) is 4.39. The molecule has 1 aromatic rings. The number of aryl methyl sites for hydroxylation is 1. The van der Waals surface area contributed by atoms with Crippen molar-refractivity contribution < 1.29 is 4.79 Å². The molecule has 3 N–H and O–H groups in total. The number of hydrogen-bond donors (Lipinski definition) is 2. The van der Waals surface area contributed by atoms with Crippen molar-refractivity contribution in [2.24, 2.45) is 5.84 Å². The van der Waals surface area contributed by atoms with Crippen LogP contribution in [-0.2, 0) is 4.79 Å². The Morgan fingerprint density at radius 1 is 1.33 bits per heavy atom. The van der Waals surface area contributed by atoms with Gasteiger partial charge in [0.1, 0.15) is 0 Å². The van der Waals surface area contributed by atoms with Crippen LogP contribution in [-0.4, -0.2) is 19.0 Å². The van der Waals surface area contributed by atoms with Crippen molar-refractivity contribution in [3.8, 4) is 0 Å². The van der Waals surface area contributed by atoms with Gasteiger partial charge in [-0.3, -0.25) is 10.2 Å². The number of rotatable bonds is 7. The Kier molecular flexibility index (Phi) is 6.22. The lowest BCUT2D eigenvalue weighted by atomic mass is 10.1. The predicted octanol–water partition coefficient (Wildman–Crippen LogP) is 1.98. The van der Waals surface area contributed by atoms with Gasteiger partial charge in [-0.15, -0.1) is 0 Å². The number of nitrogens with two attached hydrogens (primary N) is 1. The molecule has 4 heteroatoms. The summed E-state index contributed by atoms with van der Waals surface area (Å²) in [5.41, 5.74) is 4.73. The highest BCUT2D eigenvalue weighted by Crippen LogP contribution is 2.19. The number of unbranched alkanes of at least 4 members (excludes halogenated alkanes) is 1. The predicted molar refractivity (Wildman–Crippen MR) is 75.2 cm³/mol. The van der Waals surface area contributed by atoms with Gasteiger partial charge >= 0.3 is 0 Å². The number of para-hydroxylation sites is 1. The van der Waals surface area contributed by atoms with Crippen LogP contribution in [0.5, 0.6) is 0 Å². The topological polar surface area (TPSA) is 58.4 Å². The first kappa shape index (κ1) is 14.5. The zero-order valence-electron chi connectivity index (χ0n) is 11.3. The molecule has 0 saturated heterocycles. The van der Waals surface area contributed by atoms with Crippen LogP contribution in [0.1, 0.15) is 31.7 Å². The van der Waals surface area contributed by atoms with Crippen molar-refractivity contribution in [2.45, 2.75) is 33.1 Å². The Labute approximate surface area is 109 Å². The quantitative estimate of drug-likeness (QED) is 0.336.